The molecule has 1 aliphatic heterocycles. The number of amides is 1. The molecule has 1 fully saturated rings. The molecule has 0 atom stereocenters. The minimum atomic E-state index is -4.68. The number of rotatable bonds is 5. The summed E-state index contributed by atoms with van der Waals surface area (Å²) in [6, 6.07) is 10.1. The third-order valence-electron chi connectivity index (χ3n) is 5.41. The second kappa shape index (κ2) is 9.70. The third kappa shape index (κ3) is 5.00. The second-order valence-corrected chi connectivity index (χ2v) is 7.80. The number of hydrogen-bond acceptors (Lipinski definition) is 8. The number of nitrogens with one attached hydrogen (secondary N) is 1. The van der Waals surface area contributed by atoms with Gasteiger partial charge in [-0.2, -0.15) is 18.3 Å². The number of anilines is 2. The van der Waals surface area contributed by atoms with Crippen LogP contribution in [0.3, 0.4) is 0 Å². The third-order valence-corrected chi connectivity index (χ3v) is 5.41. The standard InChI is InChI=1S/C23H19F3N8O2/c24-23(25,26)18-12-17(15-2-1-7-27-13-15)32-34(18)21-6-4-19(30-31-21)29-22(35)16-3-5-20(28-14-16)33-8-10-36-11-9-33/h1-7,12-14H,8-11H2,(H,29,30,35). The minimum absolute atomic E-state index is 0.0641. The van der Waals surface area contributed by atoms with Gasteiger partial charge in [0.1, 0.15) is 5.82 Å². The zero-order valence-electron chi connectivity index (χ0n) is 18.7. The highest BCUT2D eigenvalue weighted by molar-refractivity contribution is 6.03. The predicted molar refractivity (Wildman–Crippen MR) is 123 cm³/mol. The number of alkyl halides is 3. The van der Waals surface area contributed by atoms with Crippen molar-refractivity contribution in [1.29, 1.82) is 0 Å². The van der Waals surface area contributed by atoms with Gasteiger partial charge in [0.05, 0.1) is 24.5 Å². The average Bonchev–Trinajstić information content (AvgIpc) is 3.37. The summed E-state index contributed by atoms with van der Waals surface area (Å²) in [7, 11) is 0. The molecular weight excluding hydrogens is 477 g/mol. The van der Waals surface area contributed by atoms with Crippen LogP contribution >= 0.6 is 0 Å². The first-order chi connectivity index (χ1) is 17.4. The highest BCUT2D eigenvalue weighted by Gasteiger charge is 2.37. The van der Waals surface area contributed by atoms with Crippen molar-refractivity contribution in [3.05, 3.63) is 72.3 Å². The first-order valence-corrected chi connectivity index (χ1v) is 10.9. The molecule has 0 aromatic carbocycles. The highest BCUT2D eigenvalue weighted by atomic mass is 19.4. The van der Waals surface area contributed by atoms with Crippen LogP contribution in [0.15, 0.2) is 61.1 Å². The number of halogens is 3. The smallest absolute Gasteiger partial charge is 0.378 e. The van der Waals surface area contributed by atoms with Gasteiger partial charge in [0.15, 0.2) is 17.3 Å². The van der Waals surface area contributed by atoms with E-state index >= 15 is 0 Å². The Kier molecular flexibility index (Phi) is 6.29. The number of ether oxygens (including phenoxy) is 1. The molecule has 4 aromatic rings. The Bertz CT molecular complexity index is 1340. The molecule has 184 valence electrons. The molecule has 5 heterocycles. The molecule has 0 radical (unpaired) electrons. The van der Waals surface area contributed by atoms with Crippen molar-refractivity contribution in [2.75, 3.05) is 36.5 Å². The molecule has 1 amide bonds. The normalized spacial score (nSPS) is 14.0. The average molecular weight is 496 g/mol. The summed E-state index contributed by atoms with van der Waals surface area (Å²) < 4.78 is 46.9. The molecule has 0 bridgehead atoms. The van der Waals surface area contributed by atoms with E-state index in [1.54, 1.807) is 24.3 Å². The van der Waals surface area contributed by atoms with Gasteiger partial charge in [0.2, 0.25) is 0 Å². The van der Waals surface area contributed by atoms with Crippen molar-refractivity contribution in [3.8, 4) is 17.1 Å². The van der Waals surface area contributed by atoms with Crippen LogP contribution in [0.25, 0.3) is 17.1 Å². The summed E-state index contributed by atoms with van der Waals surface area (Å²) in [6.07, 6.45) is -0.304. The Balaban J connectivity index is 1.32. The zero-order chi connectivity index (χ0) is 25.1. The van der Waals surface area contributed by atoms with Gasteiger partial charge in [-0.25, -0.2) is 9.67 Å². The predicted octanol–water partition coefficient (Wildman–Crippen LogP) is 3.23. The van der Waals surface area contributed by atoms with E-state index in [1.807, 2.05) is 0 Å². The van der Waals surface area contributed by atoms with Crippen LogP contribution in [0.1, 0.15) is 16.1 Å². The van der Waals surface area contributed by atoms with Crippen LogP contribution in [0, 0.1) is 0 Å². The Morgan fingerprint density at radius 1 is 1.00 bits per heavy atom. The number of nitrogens with zero attached hydrogens (tertiary/aromatic N) is 7. The van der Waals surface area contributed by atoms with Gasteiger partial charge in [-0.3, -0.25) is 9.78 Å². The monoisotopic (exact) mass is 496 g/mol. The van der Waals surface area contributed by atoms with Crippen molar-refractivity contribution < 1.29 is 22.7 Å². The zero-order valence-corrected chi connectivity index (χ0v) is 18.7. The first kappa shape index (κ1) is 23.4. The maximum absolute atomic E-state index is 13.7. The molecule has 13 heteroatoms. The van der Waals surface area contributed by atoms with Crippen LogP contribution in [0.5, 0.6) is 0 Å². The molecule has 1 aliphatic rings. The topological polar surface area (TPSA) is 111 Å². The van der Waals surface area contributed by atoms with E-state index in [4.69, 9.17) is 4.74 Å². The number of morpholine rings is 1. The molecule has 1 saturated heterocycles. The van der Waals surface area contributed by atoms with Gasteiger partial charge in [0, 0.05) is 37.2 Å². The lowest BCUT2D eigenvalue weighted by Crippen LogP contribution is -2.36. The molecule has 0 saturated carbocycles. The molecule has 0 aliphatic carbocycles. The quantitative estimate of drug-likeness (QED) is 0.449. The lowest BCUT2D eigenvalue weighted by atomic mass is 10.2. The van der Waals surface area contributed by atoms with E-state index in [0.717, 1.165) is 25.0 Å². The number of pyridine rings is 2. The summed E-state index contributed by atoms with van der Waals surface area (Å²) in [5.74, 6) is 0.164. The van der Waals surface area contributed by atoms with Crippen LogP contribution in [0.2, 0.25) is 0 Å². The van der Waals surface area contributed by atoms with E-state index in [9.17, 15) is 18.0 Å². The van der Waals surface area contributed by atoms with Gasteiger partial charge in [-0.1, -0.05) is 0 Å². The maximum atomic E-state index is 13.7. The fourth-order valence-corrected chi connectivity index (χ4v) is 3.61. The van der Waals surface area contributed by atoms with E-state index in [-0.39, 0.29) is 17.3 Å². The SMILES string of the molecule is O=C(Nc1ccc(-n2nc(-c3cccnc3)cc2C(F)(F)F)nn1)c1ccc(N2CCOCC2)nc1. The van der Waals surface area contributed by atoms with Crippen LogP contribution in [-0.4, -0.2) is 62.2 Å². The van der Waals surface area contributed by atoms with Gasteiger partial charge in [0.25, 0.3) is 5.91 Å². The summed E-state index contributed by atoms with van der Waals surface area (Å²) in [4.78, 5) is 22.9. The maximum Gasteiger partial charge on any atom is 0.433 e. The molecule has 0 spiro atoms. The van der Waals surface area contributed by atoms with Crippen molar-refractivity contribution >= 4 is 17.5 Å². The van der Waals surface area contributed by atoms with Gasteiger partial charge in [-0.15, -0.1) is 10.2 Å². The van der Waals surface area contributed by atoms with E-state index < -0.39 is 17.8 Å². The summed E-state index contributed by atoms with van der Waals surface area (Å²) >= 11 is 0. The molecule has 1 N–H and O–H groups in total. The van der Waals surface area contributed by atoms with E-state index in [0.29, 0.717) is 29.0 Å². The van der Waals surface area contributed by atoms with E-state index in [1.165, 1.54) is 30.7 Å². The van der Waals surface area contributed by atoms with Crippen LogP contribution in [0.4, 0.5) is 24.8 Å². The Morgan fingerprint density at radius 3 is 2.44 bits per heavy atom. The number of aromatic nitrogens is 6. The Morgan fingerprint density at radius 2 is 1.81 bits per heavy atom. The molecule has 36 heavy (non-hydrogen) atoms. The molecule has 4 aromatic heterocycles. The molecule has 5 rings (SSSR count). The van der Waals surface area contributed by atoms with Crippen LogP contribution < -0.4 is 10.2 Å². The van der Waals surface area contributed by atoms with Gasteiger partial charge in [-0.05, 0) is 42.5 Å². The summed E-state index contributed by atoms with van der Waals surface area (Å²) in [6.45, 7) is 2.67. The van der Waals surface area contributed by atoms with Crippen molar-refractivity contribution in [2.45, 2.75) is 6.18 Å². The fourth-order valence-electron chi connectivity index (χ4n) is 3.61. The van der Waals surface area contributed by atoms with Crippen molar-refractivity contribution in [2.24, 2.45) is 0 Å². The molecular formula is C23H19F3N8O2. The van der Waals surface area contributed by atoms with Crippen LogP contribution in [-0.2, 0) is 10.9 Å². The largest absolute Gasteiger partial charge is 0.433 e. The number of carbonyl (C=O) groups is 1. The second-order valence-electron chi connectivity index (χ2n) is 7.80. The van der Waals surface area contributed by atoms with Gasteiger partial charge >= 0.3 is 6.18 Å². The Labute approximate surface area is 202 Å². The van der Waals surface area contributed by atoms with Crippen molar-refractivity contribution in [3.63, 3.8) is 0 Å². The first-order valence-electron chi connectivity index (χ1n) is 10.9. The lowest BCUT2D eigenvalue weighted by molar-refractivity contribution is -0.142. The lowest BCUT2D eigenvalue weighted by Gasteiger charge is -2.27. The van der Waals surface area contributed by atoms with E-state index in [2.05, 4.69) is 35.5 Å². The molecule has 0 unspecified atom stereocenters. The highest BCUT2D eigenvalue weighted by Crippen LogP contribution is 2.33. The minimum Gasteiger partial charge on any atom is -0.378 e. The van der Waals surface area contributed by atoms with Gasteiger partial charge < -0.3 is 15.0 Å². The number of hydrogen-bond donors (Lipinski definition) is 1. The summed E-state index contributed by atoms with van der Waals surface area (Å²) in [5.41, 5.74) is -0.209. The van der Waals surface area contributed by atoms with Crippen molar-refractivity contribution in [1.82, 2.24) is 29.9 Å². The fraction of sp³-hybridized carbons (Fsp3) is 0.217. The number of carbonyl (C=O) groups excluding carboxylic acids is 1. The Hall–Kier alpha value is -4.39. The molecule has 10 nitrogen and oxygen atoms in total. The summed E-state index contributed by atoms with van der Waals surface area (Å²) in [5, 5.41) is 14.3.